The number of aromatic amines is 1. The Hall–Kier alpha value is -2.74. The van der Waals surface area contributed by atoms with E-state index in [1.165, 1.54) is 0 Å². The molecule has 9 heteroatoms. The van der Waals surface area contributed by atoms with Gasteiger partial charge in [0, 0.05) is 61.4 Å². The molecule has 4 heterocycles. The second-order valence-electron chi connectivity index (χ2n) is 7.20. The first-order valence-corrected chi connectivity index (χ1v) is 11.5. The summed E-state index contributed by atoms with van der Waals surface area (Å²) in [5.41, 5.74) is 3.38. The Labute approximate surface area is 197 Å². The van der Waals surface area contributed by atoms with Crippen molar-refractivity contribution < 1.29 is 0 Å². The van der Waals surface area contributed by atoms with Crippen molar-refractivity contribution in [3.05, 3.63) is 64.7 Å². The van der Waals surface area contributed by atoms with Gasteiger partial charge in [-0.15, -0.1) is 0 Å². The third-order valence-electron chi connectivity index (χ3n) is 5.24. The number of nitrogens with zero attached hydrogens (tertiary/aromatic N) is 6. The minimum absolute atomic E-state index is 0.705. The monoisotopic (exact) mass is 469 g/mol. The van der Waals surface area contributed by atoms with Crippen LogP contribution in [0.3, 0.4) is 0 Å². The third-order valence-corrected chi connectivity index (χ3v) is 5.85. The zero-order chi connectivity index (χ0) is 22.5. The number of piperazine rings is 1. The van der Waals surface area contributed by atoms with Crippen molar-refractivity contribution in [3.63, 3.8) is 0 Å². The fourth-order valence-electron chi connectivity index (χ4n) is 3.69. The minimum Gasteiger partial charge on any atom is -0.352 e. The lowest BCUT2D eigenvalue weighted by Gasteiger charge is -2.36. The summed E-state index contributed by atoms with van der Waals surface area (Å²) < 4.78 is 0. The molecule has 0 radical (unpaired) electrons. The summed E-state index contributed by atoms with van der Waals surface area (Å²) in [4.78, 5) is 26.1. The number of halogens is 2. The van der Waals surface area contributed by atoms with Crippen LogP contribution in [0.5, 0.6) is 0 Å². The molecule has 0 spiro atoms. The SMILES string of the molecule is CC.Clc1ccc(Cl)c(CN2CCN(c3nc4cnccc4nc3-c3ncc[nH]3)CC2)c1. The van der Waals surface area contributed by atoms with Gasteiger partial charge in [-0.05, 0) is 29.8 Å². The average Bonchev–Trinajstić information content (AvgIpc) is 3.37. The number of nitrogens with one attached hydrogen (secondary N) is 1. The Morgan fingerprint density at radius 2 is 1.78 bits per heavy atom. The van der Waals surface area contributed by atoms with Crippen LogP contribution in [0.1, 0.15) is 19.4 Å². The largest absolute Gasteiger partial charge is 0.352 e. The van der Waals surface area contributed by atoms with E-state index in [0.717, 1.165) is 65.9 Å². The van der Waals surface area contributed by atoms with E-state index in [0.29, 0.717) is 10.8 Å². The molecule has 7 nitrogen and oxygen atoms in total. The second kappa shape index (κ2) is 10.3. The van der Waals surface area contributed by atoms with Gasteiger partial charge in [-0.25, -0.2) is 15.0 Å². The van der Waals surface area contributed by atoms with Crippen LogP contribution in [0.2, 0.25) is 10.0 Å². The van der Waals surface area contributed by atoms with E-state index in [1.54, 1.807) is 24.8 Å². The number of H-pyrrole nitrogens is 1. The van der Waals surface area contributed by atoms with E-state index in [2.05, 4.69) is 24.8 Å². The number of aromatic nitrogens is 5. The normalized spacial score (nSPS) is 14.3. The Kier molecular flexibility index (Phi) is 7.19. The lowest BCUT2D eigenvalue weighted by atomic mass is 10.2. The summed E-state index contributed by atoms with van der Waals surface area (Å²) in [7, 11) is 0. The first kappa shape index (κ1) is 22.5. The van der Waals surface area contributed by atoms with Crippen molar-refractivity contribution in [2.24, 2.45) is 0 Å². The van der Waals surface area contributed by atoms with Gasteiger partial charge < -0.3 is 9.88 Å². The van der Waals surface area contributed by atoms with Crippen molar-refractivity contribution in [1.29, 1.82) is 0 Å². The molecule has 1 N–H and O–H groups in total. The molecular formula is C23H25Cl2N7. The number of fused-ring (bicyclic) bond motifs is 1. The molecule has 0 bridgehead atoms. The van der Waals surface area contributed by atoms with E-state index in [-0.39, 0.29) is 0 Å². The van der Waals surface area contributed by atoms with Crippen LogP contribution in [0, 0.1) is 0 Å². The van der Waals surface area contributed by atoms with E-state index in [1.807, 2.05) is 38.1 Å². The van der Waals surface area contributed by atoms with Crippen LogP contribution in [-0.4, -0.2) is 56.0 Å². The van der Waals surface area contributed by atoms with Crippen molar-refractivity contribution >= 4 is 40.1 Å². The molecule has 0 aliphatic carbocycles. The molecule has 32 heavy (non-hydrogen) atoms. The smallest absolute Gasteiger partial charge is 0.159 e. The summed E-state index contributed by atoms with van der Waals surface area (Å²) in [6, 6.07) is 7.47. The number of hydrogen-bond acceptors (Lipinski definition) is 6. The fraction of sp³-hybridized carbons (Fsp3) is 0.304. The van der Waals surface area contributed by atoms with Crippen molar-refractivity contribution in [1.82, 2.24) is 29.8 Å². The summed E-state index contributed by atoms with van der Waals surface area (Å²) in [6.45, 7) is 8.19. The molecule has 3 aromatic heterocycles. The Bertz CT molecular complexity index is 1170. The second-order valence-corrected chi connectivity index (χ2v) is 8.04. The van der Waals surface area contributed by atoms with Gasteiger partial charge in [0.1, 0.15) is 11.2 Å². The Morgan fingerprint density at radius 1 is 0.969 bits per heavy atom. The topological polar surface area (TPSA) is 73.8 Å². The summed E-state index contributed by atoms with van der Waals surface area (Å²) >= 11 is 12.5. The zero-order valence-electron chi connectivity index (χ0n) is 18.1. The fourth-order valence-corrected chi connectivity index (χ4v) is 4.07. The molecule has 1 fully saturated rings. The van der Waals surface area contributed by atoms with E-state index >= 15 is 0 Å². The predicted octanol–water partition coefficient (Wildman–Crippen LogP) is 5.07. The summed E-state index contributed by atoms with van der Waals surface area (Å²) in [6.07, 6.45) is 6.99. The number of rotatable bonds is 4. The average molecular weight is 470 g/mol. The number of benzene rings is 1. The number of pyridine rings is 1. The molecule has 1 aliphatic rings. The van der Waals surface area contributed by atoms with Gasteiger partial charge in [0.2, 0.25) is 0 Å². The third kappa shape index (κ3) is 4.85. The molecular weight excluding hydrogens is 445 g/mol. The van der Waals surface area contributed by atoms with Crippen molar-refractivity contribution in [2.75, 3.05) is 31.1 Å². The van der Waals surface area contributed by atoms with Crippen LogP contribution in [0.4, 0.5) is 5.82 Å². The highest BCUT2D eigenvalue weighted by Gasteiger charge is 2.24. The maximum absolute atomic E-state index is 6.34. The van der Waals surface area contributed by atoms with Crippen LogP contribution >= 0.6 is 23.2 Å². The number of hydrogen-bond donors (Lipinski definition) is 1. The standard InChI is InChI=1S/C21H19Cl2N7.C2H6/c22-15-1-2-16(23)14(11-15)13-29-7-9-30(10-8-29)21-19(20-25-5-6-26-20)27-17-3-4-24-12-18(17)28-21;1-2/h1-6,11-12H,7-10,13H2,(H,25,26);1-2H3. The van der Waals surface area contributed by atoms with Crippen LogP contribution in [-0.2, 0) is 6.54 Å². The highest BCUT2D eigenvalue weighted by Crippen LogP contribution is 2.29. The predicted molar refractivity (Wildman–Crippen MR) is 130 cm³/mol. The van der Waals surface area contributed by atoms with Gasteiger partial charge in [0.05, 0.1) is 11.7 Å². The molecule has 1 aromatic carbocycles. The summed E-state index contributed by atoms with van der Waals surface area (Å²) in [5.74, 6) is 1.54. The van der Waals surface area contributed by atoms with Crippen LogP contribution in [0.25, 0.3) is 22.6 Å². The number of imidazole rings is 1. The maximum atomic E-state index is 6.34. The van der Waals surface area contributed by atoms with Crippen LogP contribution < -0.4 is 4.90 Å². The highest BCUT2D eigenvalue weighted by molar-refractivity contribution is 6.33. The molecule has 4 aromatic rings. The van der Waals surface area contributed by atoms with Gasteiger partial charge in [-0.1, -0.05) is 37.0 Å². The molecule has 0 amide bonds. The molecule has 5 rings (SSSR count). The molecule has 166 valence electrons. The van der Waals surface area contributed by atoms with Crippen molar-refractivity contribution in [2.45, 2.75) is 20.4 Å². The zero-order valence-corrected chi connectivity index (χ0v) is 19.6. The maximum Gasteiger partial charge on any atom is 0.159 e. The lowest BCUT2D eigenvalue weighted by molar-refractivity contribution is 0.249. The molecule has 0 atom stereocenters. The Balaban J connectivity index is 0.00000119. The molecule has 1 saturated heterocycles. The first-order valence-electron chi connectivity index (χ1n) is 10.7. The molecule has 0 unspecified atom stereocenters. The Morgan fingerprint density at radius 3 is 2.53 bits per heavy atom. The summed E-state index contributed by atoms with van der Waals surface area (Å²) in [5, 5.41) is 1.45. The van der Waals surface area contributed by atoms with Gasteiger partial charge >= 0.3 is 0 Å². The van der Waals surface area contributed by atoms with E-state index in [4.69, 9.17) is 33.2 Å². The van der Waals surface area contributed by atoms with E-state index in [9.17, 15) is 0 Å². The molecule has 0 saturated carbocycles. The highest BCUT2D eigenvalue weighted by atomic mass is 35.5. The quantitative estimate of drug-likeness (QED) is 0.449. The molecule has 1 aliphatic heterocycles. The van der Waals surface area contributed by atoms with Gasteiger partial charge in [0.15, 0.2) is 11.6 Å². The van der Waals surface area contributed by atoms with Gasteiger partial charge in [-0.2, -0.15) is 0 Å². The number of anilines is 1. The van der Waals surface area contributed by atoms with Crippen LogP contribution in [0.15, 0.2) is 49.1 Å². The first-order chi connectivity index (χ1) is 15.7. The lowest BCUT2D eigenvalue weighted by Crippen LogP contribution is -2.46. The van der Waals surface area contributed by atoms with Gasteiger partial charge in [-0.3, -0.25) is 9.88 Å². The minimum atomic E-state index is 0.705. The van der Waals surface area contributed by atoms with Crippen molar-refractivity contribution in [3.8, 4) is 11.5 Å². The van der Waals surface area contributed by atoms with E-state index < -0.39 is 0 Å². The van der Waals surface area contributed by atoms with Gasteiger partial charge in [0.25, 0.3) is 0 Å².